The average Bonchev–Trinajstić information content (AvgIpc) is 3.50. The number of carbonyl (C=O) groups is 1. The van der Waals surface area contributed by atoms with Gasteiger partial charge < -0.3 is 15.2 Å². The first-order valence-corrected chi connectivity index (χ1v) is 11.5. The largest absolute Gasteiger partial charge is 0.416 e. The molecule has 1 aliphatic rings. The van der Waals surface area contributed by atoms with Gasteiger partial charge in [-0.05, 0) is 55.3 Å². The van der Waals surface area contributed by atoms with Crippen molar-refractivity contribution in [1.29, 1.82) is 5.26 Å². The van der Waals surface area contributed by atoms with Gasteiger partial charge in [0, 0.05) is 60.3 Å². The molecule has 5 rings (SSSR count). The molecule has 0 bridgehead atoms. The van der Waals surface area contributed by atoms with E-state index in [2.05, 4.69) is 26.4 Å². The van der Waals surface area contributed by atoms with Crippen molar-refractivity contribution in [2.24, 2.45) is 7.05 Å². The van der Waals surface area contributed by atoms with Gasteiger partial charge in [-0.25, -0.2) is 0 Å². The molecule has 2 aromatic heterocycles. The lowest BCUT2D eigenvalue weighted by Gasteiger charge is -2.35. The highest BCUT2D eigenvalue weighted by Gasteiger charge is 2.30. The number of hydrogen-bond acceptors (Lipinski definition) is 4. The summed E-state index contributed by atoms with van der Waals surface area (Å²) in [6.45, 7) is 1.32. The molecule has 1 fully saturated rings. The molecule has 4 aromatic rings. The molecule has 184 valence electrons. The Bertz CT molecular complexity index is 1460. The molecular weight excluding hydrogens is 469 g/mol. The summed E-state index contributed by atoms with van der Waals surface area (Å²) in [6, 6.07) is 12.0. The van der Waals surface area contributed by atoms with Crippen LogP contribution >= 0.6 is 0 Å². The number of halogens is 3. The molecule has 1 amide bonds. The Morgan fingerprint density at radius 1 is 1.22 bits per heavy atom. The molecule has 3 heterocycles. The summed E-state index contributed by atoms with van der Waals surface area (Å²) in [4.78, 5) is 18.2. The fourth-order valence-corrected chi connectivity index (χ4v) is 4.68. The van der Waals surface area contributed by atoms with E-state index in [-0.39, 0.29) is 11.6 Å². The number of aromatic amines is 1. The van der Waals surface area contributed by atoms with Crippen molar-refractivity contribution < 1.29 is 18.0 Å². The Balaban J connectivity index is 1.37. The van der Waals surface area contributed by atoms with Crippen LogP contribution in [0.3, 0.4) is 0 Å². The van der Waals surface area contributed by atoms with E-state index in [0.717, 1.165) is 59.4 Å². The lowest BCUT2D eigenvalue weighted by molar-refractivity contribution is -0.137. The quantitative estimate of drug-likeness (QED) is 0.426. The fraction of sp³-hybridized carbons (Fsp3) is 0.269. The molecular formula is C26H23F3N6O. The molecule has 1 atom stereocenters. The summed E-state index contributed by atoms with van der Waals surface area (Å²) < 4.78 is 40.2. The van der Waals surface area contributed by atoms with E-state index in [1.807, 2.05) is 25.4 Å². The average molecular weight is 493 g/mol. The highest BCUT2D eigenvalue weighted by atomic mass is 19.4. The normalized spacial score (nSPS) is 16.2. The Hall–Kier alpha value is -4.26. The van der Waals surface area contributed by atoms with Crippen LogP contribution < -0.4 is 10.2 Å². The van der Waals surface area contributed by atoms with E-state index in [1.165, 1.54) is 12.1 Å². The van der Waals surface area contributed by atoms with E-state index in [0.29, 0.717) is 12.1 Å². The topological polar surface area (TPSA) is 89.7 Å². The number of amides is 1. The van der Waals surface area contributed by atoms with Gasteiger partial charge >= 0.3 is 6.18 Å². The van der Waals surface area contributed by atoms with Crippen LogP contribution in [0.25, 0.3) is 22.2 Å². The molecule has 0 radical (unpaired) electrons. The van der Waals surface area contributed by atoms with Gasteiger partial charge in [0.2, 0.25) is 0 Å². The molecule has 36 heavy (non-hydrogen) atoms. The number of aromatic nitrogens is 3. The third kappa shape index (κ3) is 4.52. The van der Waals surface area contributed by atoms with Crippen molar-refractivity contribution >= 4 is 22.5 Å². The molecule has 1 saturated heterocycles. The maximum absolute atomic E-state index is 12.8. The number of hydrogen-bond donors (Lipinski definition) is 2. The number of aryl methyl sites for hydroxylation is 1. The third-order valence-electron chi connectivity index (χ3n) is 6.48. The first-order valence-electron chi connectivity index (χ1n) is 11.5. The van der Waals surface area contributed by atoms with Gasteiger partial charge in [-0.1, -0.05) is 0 Å². The van der Waals surface area contributed by atoms with Gasteiger partial charge in [0.15, 0.2) is 0 Å². The van der Waals surface area contributed by atoms with E-state index in [1.54, 1.807) is 16.9 Å². The standard InChI is InChI=1S/C26H23F3N6O/c1-34-14-18(13-31-34)22-11-21-23(9-6-17(12-30)24(21)33-22)35-10-2-3-20(15-35)32-25(36)16-4-7-19(8-5-16)26(27,28)29/h4-9,11,13-14,20,33H,2-3,10,15H2,1H3,(H,32,36). The number of anilines is 1. The molecule has 2 aromatic carbocycles. The van der Waals surface area contributed by atoms with Gasteiger partial charge in [0.1, 0.15) is 6.07 Å². The van der Waals surface area contributed by atoms with Crippen molar-refractivity contribution in [2.45, 2.75) is 25.1 Å². The number of nitriles is 1. The van der Waals surface area contributed by atoms with Crippen LogP contribution in [0.4, 0.5) is 18.9 Å². The van der Waals surface area contributed by atoms with Gasteiger partial charge in [-0.15, -0.1) is 0 Å². The Kier molecular flexibility index (Phi) is 5.92. The molecule has 10 heteroatoms. The number of alkyl halides is 3. The predicted octanol–water partition coefficient (Wildman–Crippen LogP) is 4.86. The first-order chi connectivity index (χ1) is 17.2. The minimum Gasteiger partial charge on any atom is -0.369 e. The molecule has 0 spiro atoms. The zero-order chi connectivity index (χ0) is 25.4. The van der Waals surface area contributed by atoms with Crippen LogP contribution in [0.5, 0.6) is 0 Å². The number of rotatable bonds is 4. The monoisotopic (exact) mass is 492 g/mol. The number of fused-ring (bicyclic) bond motifs is 1. The molecule has 1 unspecified atom stereocenters. The number of benzene rings is 2. The number of nitrogens with one attached hydrogen (secondary N) is 2. The number of carbonyl (C=O) groups excluding carboxylic acids is 1. The van der Waals surface area contributed by atoms with Gasteiger partial charge in [-0.3, -0.25) is 9.48 Å². The minimum absolute atomic E-state index is 0.170. The smallest absolute Gasteiger partial charge is 0.369 e. The number of nitrogens with zero attached hydrogens (tertiary/aromatic N) is 4. The van der Waals surface area contributed by atoms with Crippen molar-refractivity contribution in [3.05, 3.63) is 71.5 Å². The Morgan fingerprint density at radius 3 is 2.67 bits per heavy atom. The predicted molar refractivity (Wildman–Crippen MR) is 129 cm³/mol. The summed E-state index contributed by atoms with van der Waals surface area (Å²) in [5.41, 5.74) is 3.38. The highest BCUT2D eigenvalue weighted by Crippen LogP contribution is 2.35. The summed E-state index contributed by atoms with van der Waals surface area (Å²) in [5, 5.41) is 17.7. The van der Waals surface area contributed by atoms with Crippen molar-refractivity contribution in [2.75, 3.05) is 18.0 Å². The third-order valence-corrected chi connectivity index (χ3v) is 6.48. The number of H-pyrrole nitrogens is 1. The summed E-state index contributed by atoms with van der Waals surface area (Å²) >= 11 is 0. The SMILES string of the molecule is Cn1cc(-c2cc3c(N4CCCC(NC(=O)c5ccc(C(F)(F)F)cc5)C4)ccc(C#N)c3[nH]2)cn1. The molecule has 0 saturated carbocycles. The lowest BCUT2D eigenvalue weighted by Crippen LogP contribution is -2.47. The molecule has 1 aliphatic heterocycles. The van der Waals surface area contributed by atoms with Crippen LogP contribution in [0.1, 0.15) is 34.3 Å². The highest BCUT2D eigenvalue weighted by molar-refractivity contribution is 5.99. The van der Waals surface area contributed by atoms with Crippen molar-refractivity contribution in [3.8, 4) is 17.3 Å². The molecule has 2 N–H and O–H groups in total. The van der Waals surface area contributed by atoms with Crippen LogP contribution in [0.2, 0.25) is 0 Å². The second-order valence-corrected chi connectivity index (χ2v) is 8.95. The molecule has 0 aliphatic carbocycles. The van der Waals surface area contributed by atoms with E-state index < -0.39 is 17.6 Å². The van der Waals surface area contributed by atoms with Crippen LogP contribution in [-0.2, 0) is 13.2 Å². The van der Waals surface area contributed by atoms with Crippen molar-refractivity contribution in [1.82, 2.24) is 20.1 Å². The second kappa shape index (κ2) is 9.07. The molecule has 7 nitrogen and oxygen atoms in total. The van der Waals surface area contributed by atoms with Crippen molar-refractivity contribution in [3.63, 3.8) is 0 Å². The zero-order valence-corrected chi connectivity index (χ0v) is 19.4. The lowest BCUT2D eigenvalue weighted by atomic mass is 10.0. The summed E-state index contributed by atoms with van der Waals surface area (Å²) in [5.74, 6) is -0.402. The van der Waals surface area contributed by atoms with E-state index in [9.17, 15) is 23.2 Å². The number of piperidine rings is 1. The maximum Gasteiger partial charge on any atom is 0.416 e. The summed E-state index contributed by atoms with van der Waals surface area (Å²) in [7, 11) is 1.84. The first kappa shape index (κ1) is 23.5. The van der Waals surface area contributed by atoms with E-state index >= 15 is 0 Å². The maximum atomic E-state index is 12.8. The Morgan fingerprint density at radius 2 is 2.00 bits per heavy atom. The van der Waals surface area contributed by atoms with Crippen LogP contribution in [0, 0.1) is 11.3 Å². The van der Waals surface area contributed by atoms with Gasteiger partial charge in [0.05, 0.1) is 22.8 Å². The van der Waals surface area contributed by atoms with Crippen LogP contribution in [0.15, 0.2) is 54.9 Å². The van der Waals surface area contributed by atoms with Gasteiger partial charge in [-0.2, -0.15) is 23.5 Å². The zero-order valence-electron chi connectivity index (χ0n) is 19.4. The van der Waals surface area contributed by atoms with E-state index in [4.69, 9.17) is 0 Å². The minimum atomic E-state index is -4.44. The second-order valence-electron chi connectivity index (χ2n) is 8.95. The van der Waals surface area contributed by atoms with Gasteiger partial charge in [0.25, 0.3) is 5.91 Å². The van der Waals surface area contributed by atoms with Crippen LogP contribution in [-0.4, -0.2) is 39.8 Å². The Labute approximate surface area is 205 Å². The summed E-state index contributed by atoms with van der Waals surface area (Å²) in [6.07, 6.45) is 0.796. The fourth-order valence-electron chi connectivity index (χ4n) is 4.68.